The van der Waals surface area contributed by atoms with E-state index < -0.39 is 4.92 Å². The van der Waals surface area contributed by atoms with Gasteiger partial charge in [0.05, 0.1) is 4.92 Å². The van der Waals surface area contributed by atoms with Gasteiger partial charge in [-0.25, -0.2) is 0 Å². The van der Waals surface area contributed by atoms with Crippen LogP contribution in [0.3, 0.4) is 0 Å². The zero-order valence-electron chi connectivity index (χ0n) is 14.3. The van der Waals surface area contributed by atoms with Crippen LogP contribution in [-0.4, -0.2) is 29.4 Å². The standard InChI is InChI=1S/C19H20N2O4/c1-4-12-25-16-10-8-15(9-11-16)13-20(3)19(22)17-7-5-6-14(2)18(17)21(23)24/h4-11H,1,12-13H2,2-3H3. The van der Waals surface area contributed by atoms with Gasteiger partial charge in [0.2, 0.25) is 0 Å². The molecule has 25 heavy (non-hydrogen) atoms. The van der Waals surface area contributed by atoms with E-state index in [-0.39, 0.29) is 17.2 Å². The molecule has 0 saturated heterocycles. The normalized spacial score (nSPS) is 10.2. The van der Waals surface area contributed by atoms with Gasteiger partial charge >= 0.3 is 0 Å². The fourth-order valence-corrected chi connectivity index (χ4v) is 2.47. The number of carbonyl (C=O) groups is 1. The van der Waals surface area contributed by atoms with Gasteiger partial charge in [-0.2, -0.15) is 0 Å². The summed E-state index contributed by atoms with van der Waals surface area (Å²) in [6.07, 6.45) is 1.66. The average molecular weight is 340 g/mol. The molecule has 0 atom stereocenters. The minimum atomic E-state index is -0.512. The molecule has 6 heteroatoms. The van der Waals surface area contributed by atoms with Crippen molar-refractivity contribution in [2.24, 2.45) is 0 Å². The topological polar surface area (TPSA) is 72.7 Å². The second-order valence-electron chi connectivity index (χ2n) is 5.63. The number of nitrogens with zero attached hydrogens (tertiary/aromatic N) is 2. The summed E-state index contributed by atoms with van der Waals surface area (Å²) in [7, 11) is 1.62. The van der Waals surface area contributed by atoms with Gasteiger partial charge in [-0.05, 0) is 30.7 Å². The second kappa shape index (κ2) is 8.10. The maximum absolute atomic E-state index is 12.6. The largest absolute Gasteiger partial charge is 0.490 e. The first-order valence-electron chi connectivity index (χ1n) is 7.76. The second-order valence-corrected chi connectivity index (χ2v) is 5.63. The van der Waals surface area contributed by atoms with Crippen LogP contribution < -0.4 is 4.74 Å². The molecule has 0 radical (unpaired) electrons. The van der Waals surface area contributed by atoms with Crippen LogP contribution in [0.4, 0.5) is 5.69 Å². The number of amides is 1. The molecule has 2 rings (SSSR count). The maximum atomic E-state index is 12.6. The first-order valence-corrected chi connectivity index (χ1v) is 7.76. The molecule has 2 aromatic rings. The van der Waals surface area contributed by atoms with Gasteiger partial charge in [0.25, 0.3) is 11.6 Å². The van der Waals surface area contributed by atoms with E-state index in [0.717, 1.165) is 5.56 Å². The SMILES string of the molecule is C=CCOc1ccc(CN(C)C(=O)c2cccc(C)c2[N+](=O)[O-])cc1. The Morgan fingerprint density at radius 3 is 2.56 bits per heavy atom. The third kappa shape index (κ3) is 4.44. The fourth-order valence-electron chi connectivity index (χ4n) is 2.47. The lowest BCUT2D eigenvalue weighted by molar-refractivity contribution is -0.385. The van der Waals surface area contributed by atoms with Crippen molar-refractivity contribution in [2.75, 3.05) is 13.7 Å². The molecule has 0 spiro atoms. The molecule has 130 valence electrons. The van der Waals surface area contributed by atoms with E-state index in [1.807, 2.05) is 24.3 Å². The van der Waals surface area contributed by atoms with Crippen molar-refractivity contribution in [3.63, 3.8) is 0 Å². The molecule has 0 heterocycles. The number of rotatable bonds is 7. The van der Waals surface area contributed by atoms with Crippen LogP contribution >= 0.6 is 0 Å². The smallest absolute Gasteiger partial charge is 0.285 e. The molecule has 0 fully saturated rings. The Bertz CT molecular complexity index is 785. The molecule has 1 amide bonds. The van der Waals surface area contributed by atoms with Crippen molar-refractivity contribution >= 4 is 11.6 Å². The minimum absolute atomic E-state index is 0.0958. The van der Waals surface area contributed by atoms with E-state index in [0.29, 0.717) is 24.5 Å². The molecule has 0 aliphatic heterocycles. The highest BCUT2D eigenvalue weighted by atomic mass is 16.6. The van der Waals surface area contributed by atoms with Crippen LogP contribution in [0, 0.1) is 17.0 Å². The Labute approximate surface area is 146 Å². The summed E-state index contributed by atoms with van der Waals surface area (Å²) in [5.74, 6) is 0.328. The molecule has 0 unspecified atom stereocenters. The number of nitro groups is 1. The van der Waals surface area contributed by atoms with E-state index in [2.05, 4.69) is 6.58 Å². The maximum Gasteiger partial charge on any atom is 0.285 e. The van der Waals surface area contributed by atoms with Gasteiger partial charge in [-0.1, -0.05) is 36.9 Å². The number of benzene rings is 2. The van der Waals surface area contributed by atoms with Gasteiger partial charge in [-0.3, -0.25) is 14.9 Å². The number of ether oxygens (including phenoxy) is 1. The Hall–Kier alpha value is -3.15. The number of hydrogen-bond donors (Lipinski definition) is 0. The van der Waals surface area contributed by atoms with Crippen LogP contribution in [0.25, 0.3) is 0 Å². The number of para-hydroxylation sites is 1. The highest BCUT2D eigenvalue weighted by molar-refractivity contribution is 5.98. The Morgan fingerprint density at radius 1 is 1.28 bits per heavy atom. The number of hydrogen-bond acceptors (Lipinski definition) is 4. The fraction of sp³-hybridized carbons (Fsp3) is 0.211. The van der Waals surface area contributed by atoms with Crippen LogP contribution in [0.2, 0.25) is 0 Å². The van der Waals surface area contributed by atoms with E-state index in [1.54, 1.807) is 32.2 Å². The molecule has 2 aromatic carbocycles. The van der Waals surface area contributed by atoms with Crippen molar-refractivity contribution in [3.8, 4) is 5.75 Å². The van der Waals surface area contributed by atoms with E-state index in [1.165, 1.54) is 11.0 Å². The van der Waals surface area contributed by atoms with Crippen LogP contribution in [0.5, 0.6) is 5.75 Å². The van der Waals surface area contributed by atoms with Crippen molar-refractivity contribution in [2.45, 2.75) is 13.5 Å². The lowest BCUT2D eigenvalue weighted by atomic mass is 10.1. The zero-order valence-corrected chi connectivity index (χ0v) is 14.3. The summed E-state index contributed by atoms with van der Waals surface area (Å²) >= 11 is 0. The first-order chi connectivity index (χ1) is 11.9. The summed E-state index contributed by atoms with van der Waals surface area (Å²) in [6.45, 7) is 5.98. The van der Waals surface area contributed by atoms with Crippen molar-refractivity contribution in [3.05, 3.63) is 81.9 Å². The summed E-state index contributed by atoms with van der Waals surface area (Å²) in [4.78, 5) is 24.8. The number of carbonyl (C=O) groups excluding carboxylic acids is 1. The monoisotopic (exact) mass is 340 g/mol. The predicted octanol–water partition coefficient (Wildman–Crippen LogP) is 3.74. The van der Waals surface area contributed by atoms with Gasteiger partial charge in [0, 0.05) is 19.2 Å². The Balaban J connectivity index is 2.14. The molecule has 6 nitrogen and oxygen atoms in total. The molecular formula is C19H20N2O4. The summed E-state index contributed by atoms with van der Waals surface area (Å²) in [5.41, 5.74) is 1.32. The summed E-state index contributed by atoms with van der Waals surface area (Å²) in [6, 6.07) is 12.1. The average Bonchev–Trinajstić information content (AvgIpc) is 2.59. The quantitative estimate of drug-likeness (QED) is 0.437. The lowest BCUT2D eigenvalue weighted by Gasteiger charge is -2.18. The highest BCUT2D eigenvalue weighted by Gasteiger charge is 2.24. The minimum Gasteiger partial charge on any atom is -0.490 e. The van der Waals surface area contributed by atoms with Crippen LogP contribution in [0.1, 0.15) is 21.5 Å². The van der Waals surface area contributed by atoms with Crippen LogP contribution in [-0.2, 0) is 6.54 Å². The Kier molecular flexibility index (Phi) is 5.89. The van der Waals surface area contributed by atoms with Crippen molar-refractivity contribution in [1.82, 2.24) is 4.90 Å². The summed E-state index contributed by atoms with van der Waals surface area (Å²) < 4.78 is 5.41. The highest BCUT2D eigenvalue weighted by Crippen LogP contribution is 2.24. The van der Waals surface area contributed by atoms with Crippen molar-refractivity contribution in [1.29, 1.82) is 0 Å². The van der Waals surface area contributed by atoms with Gasteiger partial charge < -0.3 is 9.64 Å². The lowest BCUT2D eigenvalue weighted by Crippen LogP contribution is -2.27. The molecule has 0 saturated carbocycles. The van der Waals surface area contributed by atoms with E-state index >= 15 is 0 Å². The van der Waals surface area contributed by atoms with Crippen LogP contribution in [0.15, 0.2) is 55.1 Å². The molecular weight excluding hydrogens is 320 g/mol. The first kappa shape index (κ1) is 18.2. The van der Waals surface area contributed by atoms with E-state index in [4.69, 9.17) is 4.74 Å². The Morgan fingerprint density at radius 2 is 1.96 bits per heavy atom. The third-order valence-electron chi connectivity index (χ3n) is 3.71. The third-order valence-corrected chi connectivity index (χ3v) is 3.71. The van der Waals surface area contributed by atoms with E-state index in [9.17, 15) is 14.9 Å². The van der Waals surface area contributed by atoms with Gasteiger partial charge in [0.15, 0.2) is 0 Å². The zero-order chi connectivity index (χ0) is 18.4. The molecule has 0 aliphatic carbocycles. The number of nitro benzene ring substituents is 1. The van der Waals surface area contributed by atoms with Gasteiger partial charge in [0.1, 0.15) is 17.9 Å². The molecule has 0 aliphatic rings. The van der Waals surface area contributed by atoms with Gasteiger partial charge in [-0.15, -0.1) is 0 Å². The van der Waals surface area contributed by atoms with Crippen molar-refractivity contribution < 1.29 is 14.5 Å². The number of aryl methyl sites for hydroxylation is 1. The molecule has 0 N–H and O–H groups in total. The molecule has 0 bridgehead atoms. The summed E-state index contributed by atoms with van der Waals surface area (Å²) in [5, 5.41) is 11.3. The molecule has 0 aromatic heterocycles. The predicted molar refractivity (Wildman–Crippen MR) is 95.8 cm³/mol.